The molecule has 5 rings (SSSR count). The highest BCUT2D eigenvalue weighted by Gasteiger charge is 2.32. The molecule has 0 aliphatic carbocycles. The summed E-state index contributed by atoms with van der Waals surface area (Å²) in [7, 11) is 7.39. The number of rotatable bonds is 8. The van der Waals surface area contributed by atoms with E-state index >= 15 is 4.39 Å². The van der Waals surface area contributed by atoms with E-state index in [1.54, 1.807) is 44.5 Å². The molecule has 0 saturated carbocycles. The lowest BCUT2D eigenvalue weighted by molar-refractivity contribution is 0.102. The number of pyridine rings is 1. The van der Waals surface area contributed by atoms with E-state index in [2.05, 4.69) is 26.3 Å². The maximum Gasteiger partial charge on any atom is 0.274 e. The van der Waals surface area contributed by atoms with Crippen molar-refractivity contribution in [1.82, 2.24) is 15.0 Å². The van der Waals surface area contributed by atoms with E-state index in [1.165, 1.54) is 18.3 Å². The second-order valence-corrected chi connectivity index (χ2v) is 11.8. The molecule has 1 fully saturated rings. The Morgan fingerprint density at radius 1 is 1.23 bits per heavy atom. The molecule has 1 saturated heterocycles. The number of anilines is 2. The standard InChI is InChI=1S/C29H30B4FN7O3/c30-20-2-3-21(34)25(26(20)44-29(31,32)33)27-38-8-6-23(39-27)28(43)40-22-4-1-15(19-12-37-7-5-16(19)11-35)9-24(22)41-13-17(36)10-18(41)14-42/h1-9,12,17-18,42H,10,13-14,30-33,36H2,(H,40,43). The van der Waals surface area contributed by atoms with Gasteiger partial charge in [-0.25, -0.2) is 14.4 Å². The Labute approximate surface area is 258 Å². The third kappa shape index (κ3) is 6.46. The van der Waals surface area contributed by atoms with E-state index < -0.39 is 17.0 Å². The SMILES string of the molecule is Bc1ccc(F)c(-c2nccc(C(=O)Nc3ccc(-c4cnccc4C#N)cc3N3CC(N)CC3CO)n2)c1OC(B)(B)B. The van der Waals surface area contributed by atoms with Crippen LogP contribution in [0.25, 0.3) is 22.5 Å². The number of nitrogens with two attached hydrogens (primary N) is 1. The molecule has 2 aromatic heterocycles. The molecule has 0 radical (unpaired) electrons. The van der Waals surface area contributed by atoms with Crippen LogP contribution in [0.3, 0.4) is 0 Å². The minimum absolute atomic E-state index is 0.0140. The van der Waals surface area contributed by atoms with Gasteiger partial charge in [0.05, 0.1) is 41.2 Å². The van der Waals surface area contributed by atoms with Gasteiger partial charge in [0.15, 0.2) is 5.82 Å². The van der Waals surface area contributed by atoms with Gasteiger partial charge in [0.2, 0.25) is 0 Å². The third-order valence-electron chi connectivity index (χ3n) is 7.29. The fourth-order valence-electron chi connectivity index (χ4n) is 5.29. The highest BCUT2D eigenvalue weighted by Crippen LogP contribution is 2.37. The number of nitrogens with zero attached hydrogens (tertiary/aromatic N) is 5. The molecular formula is C29H30B4FN7O3. The Hall–Kier alpha value is -4.66. The van der Waals surface area contributed by atoms with E-state index in [1.807, 2.05) is 34.5 Å². The lowest BCUT2D eigenvalue weighted by atomic mass is 9.52. The molecule has 3 heterocycles. The van der Waals surface area contributed by atoms with Crippen molar-refractivity contribution in [3.8, 4) is 34.3 Å². The van der Waals surface area contributed by atoms with Crippen LogP contribution in [0.4, 0.5) is 15.8 Å². The Bertz CT molecular complexity index is 1770. The molecule has 15 heteroatoms. The van der Waals surface area contributed by atoms with Crippen LogP contribution in [-0.4, -0.2) is 87.9 Å². The number of nitrogens with one attached hydrogen (secondary N) is 1. The van der Waals surface area contributed by atoms with Gasteiger partial charge in [-0.2, -0.15) is 5.26 Å². The van der Waals surface area contributed by atoms with Gasteiger partial charge in [-0.1, -0.05) is 12.1 Å². The molecule has 2 unspecified atom stereocenters. The molecule has 1 aliphatic heterocycles. The quantitative estimate of drug-likeness (QED) is 0.210. The van der Waals surface area contributed by atoms with Gasteiger partial charge in [0.1, 0.15) is 48.6 Å². The Kier molecular flexibility index (Phi) is 8.76. The summed E-state index contributed by atoms with van der Waals surface area (Å²) in [6, 6.07) is 13.1. The first kappa shape index (κ1) is 30.8. The van der Waals surface area contributed by atoms with Crippen molar-refractivity contribution >= 4 is 54.1 Å². The number of carbonyl (C=O) groups excluding carboxylic acids is 1. The average Bonchev–Trinajstić information content (AvgIpc) is 3.39. The molecule has 2 aromatic carbocycles. The lowest BCUT2D eigenvalue weighted by Crippen LogP contribution is -2.39. The van der Waals surface area contributed by atoms with Crippen LogP contribution in [-0.2, 0) is 0 Å². The number of carbonyl (C=O) groups is 1. The molecule has 1 aliphatic rings. The van der Waals surface area contributed by atoms with Gasteiger partial charge in [-0.05, 0) is 47.8 Å². The minimum Gasteiger partial charge on any atom is -0.513 e. The molecule has 4 N–H and O–H groups in total. The third-order valence-corrected chi connectivity index (χ3v) is 7.29. The zero-order valence-corrected chi connectivity index (χ0v) is 25.0. The highest BCUT2D eigenvalue weighted by atomic mass is 19.1. The Balaban J connectivity index is 1.54. The number of amides is 1. The van der Waals surface area contributed by atoms with Gasteiger partial charge in [-0.15, -0.1) is 0 Å². The van der Waals surface area contributed by atoms with Gasteiger partial charge in [0, 0.05) is 42.0 Å². The number of aliphatic hydroxyl groups excluding tert-OH is 1. The summed E-state index contributed by atoms with van der Waals surface area (Å²) >= 11 is 0. The molecule has 1 amide bonds. The van der Waals surface area contributed by atoms with Crippen molar-refractivity contribution in [3.63, 3.8) is 0 Å². The summed E-state index contributed by atoms with van der Waals surface area (Å²) in [6.07, 6.45) is 5.13. The van der Waals surface area contributed by atoms with Gasteiger partial charge < -0.3 is 25.8 Å². The number of hydrogen-bond donors (Lipinski definition) is 3. The summed E-state index contributed by atoms with van der Waals surface area (Å²) in [5.74, 6) is -0.796. The molecule has 218 valence electrons. The topological polar surface area (TPSA) is 150 Å². The molecule has 0 spiro atoms. The maximum atomic E-state index is 15.2. The zero-order chi connectivity index (χ0) is 31.6. The van der Waals surface area contributed by atoms with Crippen LogP contribution in [0.2, 0.25) is 0 Å². The van der Waals surface area contributed by atoms with Crippen LogP contribution in [0, 0.1) is 17.1 Å². The Morgan fingerprint density at radius 3 is 2.75 bits per heavy atom. The first-order chi connectivity index (χ1) is 21.0. The van der Waals surface area contributed by atoms with Crippen molar-refractivity contribution in [2.24, 2.45) is 5.73 Å². The second-order valence-electron chi connectivity index (χ2n) is 11.8. The molecule has 2 atom stereocenters. The fourth-order valence-corrected chi connectivity index (χ4v) is 5.29. The molecule has 10 nitrogen and oxygen atoms in total. The molecule has 4 aromatic rings. The smallest absolute Gasteiger partial charge is 0.274 e. The molecule has 44 heavy (non-hydrogen) atoms. The largest absolute Gasteiger partial charge is 0.513 e. The van der Waals surface area contributed by atoms with E-state index in [-0.39, 0.29) is 35.8 Å². The number of aromatic nitrogens is 3. The van der Waals surface area contributed by atoms with Gasteiger partial charge >= 0.3 is 0 Å². The van der Waals surface area contributed by atoms with Crippen molar-refractivity contribution < 1.29 is 19.0 Å². The summed E-state index contributed by atoms with van der Waals surface area (Å²) < 4.78 is 21.3. The number of aliphatic hydroxyl groups is 1. The number of halogens is 1. The van der Waals surface area contributed by atoms with Gasteiger partial charge in [-0.3, -0.25) is 9.78 Å². The zero-order valence-electron chi connectivity index (χ0n) is 25.0. The lowest BCUT2D eigenvalue weighted by Gasteiger charge is -2.28. The number of ether oxygens (including phenoxy) is 1. The second kappa shape index (κ2) is 12.5. The fraction of sp³-hybridized carbons (Fsp3) is 0.207. The normalized spacial score (nSPS) is 16.4. The van der Waals surface area contributed by atoms with E-state index in [9.17, 15) is 15.2 Å². The van der Waals surface area contributed by atoms with Gasteiger partial charge in [0.25, 0.3) is 5.91 Å². The summed E-state index contributed by atoms with van der Waals surface area (Å²) in [6.45, 7) is 0.328. The summed E-state index contributed by atoms with van der Waals surface area (Å²) in [5.41, 5.74) is 9.92. The van der Waals surface area contributed by atoms with Crippen molar-refractivity contribution in [1.29, 1.82) is 5.26 Å². The molecule has 0 bridgehead atoms. The summed E-state index contributed by atoms with van der Waals surface area (Å²) in [5, 5.41) is 22.1. The first-order valence-electron chi connectivity index (χ1n) is 14.2. The predicted octanol–water partition coefficient (Wildman–Crippen LogP) is -1.49. The van der Waals surface area contributed by atoms with Crippen LogP contribution >= 0.6 is 0 Å². The van der Waals surface area contributed by atoms with Crippen molar-refractivity contribution in [2.75, 3.05) is 23.4 Å². The Morgan fingerprint density at radius 2 is 2.02 bits per heavy atom. The highest BCUT2D eigenvalue weighted by molar-refractivity contribution is 6.58. The predicted molar refractivity (Wildman–Crippen MR) is 178 cm³/mol. The number of nitriles is 1. The monoisotopic (exact) mass is 587 g/mol. The summed E-state index contributed by atoms with van der Waals surface area (Å²) in [4.78, 5) is 28.5. The number of benzene rings is 2. The van der Waals surface area contributed by atoms with Crippen molar-refractivity contribution in [3.05, 3.63) is 78.1 Å². The minimum atomic E-state index is -0.612. The van der Waals surface area contributed by atoms with Crippen LogP contribution < -0.4 is 26.2 Å². The van der Waals surface area contributed by atoms with Crippen LogP contribution in [0.1, 0.15) is 22.5 Å². The van der Waals surface area contributed by atoms with Crippen molar-refractivity contribution in [2.45, 2.75) is 23.8 Å². The van der Waals surface area contributed by atoms with Crippen LogP contribution in [0.15, 0.2) is 61.1 Å². The first-order valence-corrected chi connectivity index (χ1v) is 14.2. The number of hydrogen-bond acceptors (Lipinski definition) is 9. The average molecular weight is 587 g/mol. The molecular weight excluding hydrogens is 557 g/mol. The van der Waals surface area contributed by atoms with E-state index in [0.717, 1.165) is 0 Å². The maximum absolute atomic E-state index is 15.2. The van der Waals surface area contributed by atoms with E-state index in [4.69, 9.17) is 10.5 Å². The van der Waals surface area contributed by atoms with Crippen LogP contribution in [0.5, 0.6) is 5.75 Å². The van der Waals surface area contributed by atoms with E-state index in [0.29, 0.717) is 52.2 Å².